The lowest BCUT2D eigenvalue weighted by molar-refractivity contribution is -0.107. The van der Waals surface area contributed by atoms with Gasteiger partial charge in [0.2, 0.25) is 0 Å². The Hall–Kier alpha value is -0.820. The van der Waals surface area contributed by atoms with Gasteiger partial charge in [0, 0.05) is 11.4 Å². The van der Waals surface area contributed by atoms with Gasteiger partial charge in [0.05, 0.1) is 0 Å². The highest BCUT2D eigenvalue weighted by Gasteiger charge is 2.26. The van der Waals surface area contributed by atoms with E-state index in [0.29, 0.717) is 12.3 Å². The van der Waals surface area contributed by atoms with E-state index in [-0.39, 0.29) is 0 Å². The number of aldehydes is 1. The van der Waals surface area contributed by atoms with Crippen LogP contribution in [0.15, 0.2) is 18.2 Å². The molecule has 0 bridgehead atoms. The van der Waals surface area contributed by atoms with Crippen LogP contribution in [-0.4, -0.2) is 6.29 Å². The number of hydrogen-bond donors (Lipinski definition) is 0. The van der Waals surface area contributed by atoms with E-state index >= 15 is 0 Å². The summed E-state index contributed by atoms with van der Waals surface area (Å²) in [4.78, 5) is 10.5. The van der Waals surface area contributed by atoms with E-state index in [9.17, 15) is 4.79 Å². The Balaban J connectivity index is 2.40. The van der Waals surface area contributed by atoms with Gasteiger partial charge in [0.1, 0.15) is 6.29 Å². The molecule has 0 N–H and O–H groups in total. The van der Waals surface area contributed by atoms with Crippen molar-refractivity contribution in [2.45, 2.75) is 25.2 Å². The van der Waals surface area contributed by atoms with Crippen LogP contribution in [0.3, 0.4) is 0 Å². The van der Waals surface area contributed by atoms with Crippen LogP contribution in [0.5, 0.6) is 0 Å². The maximum atomic E-state index is 10.5. The number of rotatable bonds is 3. The fraction of sp³-hybridized carbons (Fsp3) is 0.364. The van der Waals surface area contributed by atoms with E-state index in [1.54, 1.807) is 0 Å². The van der Waals surface area contributed by atoms with Crippen molar-refractivity contribution in [2.75, 3.05) is 0 Å². The first-order valence-corrected chi connectivity index (χ1v) is 4.91. The van der Waals surface area contributed by atoms with Gasteiger partial charge < -0.3 is 4.79 Å². The molecule has 0 saturated heterocycles. The van der Waals surface area contributed by atoms with Crippen LogP contribution in [0, 0.1) is 0 Å². The Morgan fingerprint density at radius 1 is 1.46 bits per heavy atom. The summed E-state index contributed by atoms with van der Waals surface area (Å²) < 4.78 is 0. The molecule has 68 valence electrons. The summed E-state index contributed by atoms with van der Waals surface area (Å²) in [6, 6.07) is 5.90. The van der Waals surface area contributed by atoms with Crippen molar-refractivity contribution in [2.24, 2.45) is 0 Å². The number of benzene rings is 1. The third-order valence-corrected chi connectivity index (χ3v) is 2.81. The molecule has 1 aromatic carbocycles. The lowest BCUT2D eigenvalue weighted by Crippen LogP contribution is -1.94. The summed E-state index contributed by atoms with van der Waals surface area (Å²) in [7, 11) is 0. The lowest BCUT2D eigenvalue weighted by atomic mass is 10.0. The Bertz CT molecular complexity index is 329. The second kappa shape index (κ2) is 3.51. The largest absolute Gasteiger partial charge is 0.303 e. The fourth-order valence-corrected chi connectivity index (χ4v) is 1.91. The van der Waals surface area contributed by atoms with Gasteiger partial charge in [-0.15, -0.1) is 0 Å². The summed E-state index contributed by atoms with van der Waals surface area (Å²) >= 11 is 6.02. The van der Waals surface area contributed by atoms with E-state index in [1.807, 2.05) is 12.1 Å². The van der Waals surface area contributed by atoms with Crippen molar-refractivity contribution < 1.29 is 4.79 Å². The molecule has 1 aliphatic carbocycles. The molecule has 0 aliphatic heterocycles. The monoisotopic (exact) mass is 194 g/mol. The zero-order valence-electron chi connectivity index (χ0n) is 7.29. The number of carbonyl (C=O) groups excluding carboxylic acids is 1. The second-order valence-electron chi connectivity index (χ2n) is 3.45. The van der Waals surface area contributed by atoms with Gasteiger partial charge in [-0.05, 0) is 36.0 Å². The maximum absolute atomic E-state index is 10.5. The molecule has 0 aromatic heterocycles. The van der Waals surface area contributed by atoms with Crippen molar-refractivity contribution in [3.05, 3.63) is 34.3 Å². The summed E-state index contributed by atoms with van der Waals surface area (Å²) in [6.07, 6.45) is 3.86. The third kappa shape index (κ3) is 1.75. The average Bonchev–Trinajstić information content (AvgIpc) is 2.92. The molecule has 0 heterocycles. The van der Waals surface area contributed by atoms with Crippen molar-refractivity contribution in [3.63, 3.8) is 0 Å². The smallest absolute Gasteiger partial charge is 0.124 e. The van der Waals surface area contributed by atoms with Gasteiger partial charge in [0.15, 0.2) is 0 Å². The molecule has 2 heteroatoms. The standard InChI is InChI=1S/C11H11ClO/c12-11-3-1-2-9(8-4-5-8)10(11)6-7-13/h1-3,7-8H,4-6H2. The zero-order chi connectivity index (χ0) is 9.26. The van der Waals surface area contributed by atoms with E-state index in [2.05, 4.69) is 6.07 Å². The minimum atomic E-state index is 0.450. The maximum Gasteiger partial charge on any atom is 0.124 e. The minimum absolute atomic E-state index is 0.450. The first-order chi connectivity index (χ1) is 6.33. The summed E-state index contributed by atoms with van der Waals surface area (Å²) in [6.45, 7) is 0. The molecule has 1 fully saturated rings. The highest BCUT2D eigenvalue weighted by atomic mass is 35.5. The van der Waals surface area contributed by atoms with Gasteiger partial charge >= 0.3 is 0 Å². The molecule has 1 saturated carbocycles. The third-order valence-electron chi connectivity index (χ3n) is 2.46. The fourth-order valence-electron chi connectivity index (χ4n) is 1.65. The molecule has 1 aliphatic rings. The number of carbonyl (C=O) groups is 1. The topological polar surface area (TPSA) is 17.1 Å². The molecule has 0 spiro atoms. The van der Waals surface area contributed by atoms with Gasteiger partial charge in [-0.25, -0.2) is 0 Å². The van der Waals surface area contributed by atoms with Crippen molar-refractivity contribution in [1.29, 1.82) is 0 Å². The Kier molecular flexibility index (Phi) is 2.36. The van der Waals surface area contributed by atoms with E-state index in [0.717, 1.165) is 16.9 Å². The van der Waals surface area contributed by atoms with Gasteiger partial charge in [-0.2, -0.15) is 0 Å². The van der Waals surface area contributed by atoms with Gasteiger partial charge in [0.25, 0.3) is 0 Å². The van der Waals surface area contributed by atoms with Crippen LogP contribution in [0.25, 0.3) is 0 Å². The molecule has 0 radical (unpaired) electrons. The second-order valence-corrected chi connectivity index (χ2v) is 3.86. The molecule has 0 amide bonds. The minimum Gasteiger partial charge on any atom is -0.303 e. The van der Waals surface area contributed by atoms with Crippen LogP contribution in [-0.2, 0) is 11.2 Å². The molecule has 0 unspecified atom stereocenters. The number of hydrogen-bond acceptors (Lipinski definition) is 1. The first-order valence-electron chi connectivity index (χ1n) is 4.54. The van der Waals surface area contributed by atoms with Crippen LogP contribution >= 0.6 is 11.6 Å². The van der Waals surface area contributed by atoms with Crippen molar-refractivity contribution in [3.8, 4) is 0 Å². The van der Waals surface area contributed by atoms with E-state index in [4.69, 9.17) is 11.6 Å². The van der Waals surface area contributed by atoms with Crippen LogP contribution < -0.4 is 0 Å². The Labute approximate surface area is 82.7 Å². The first kappa shape index (κ1) is 8.76. The molecule has 0 atom stereocenters. The van der Waals surface area contributed by atoms with Crippen molar-refractivity contribution in [1.82, 2.24) is 0 Å². The predicted octanol–water partition coefficient (Wildman–Crippen LogP) is 2.96. The van der Waals surface area contributed by atoms with Crippen LogP contribution in [0.1, 0.15) is 29.9 Å². The predicted molar refractivity (Wildman–Crippen MR) is 53.2 cm³/mol. The summed E-state index contributed by atoms with van der Waals surface area (Å²) in [5, 5.41) is 0.733. The molecular weight excluding hydrogens is 184 g/mol. The molecule has 1 nitrogen and oxygen atoms in total. The Morgan fingerprint density at radius 3 is 2.85 bits per heavy atom. The van der Waals surface area contributed by atoms with Crippen LogP contribution in [0.2, 0.25) is 5.02 Å². The highest BCUT2D eigenvalue weighted by Crippen LogP contribution is 2.43. The van der Waals surface area contributed by atoms with E-state index < -0.39 is 0 Å². The zero-order valence-corrected chi connectivity index (χ0v) is 8.05. The quantitative estimate of drug-likeness (QED) is 0.677. The summed E-state index contributed by atoms with van der Waals surface area (Å²) in [5.74, 6) is 0.661. The Morgan fingerprint density at radius 2 is 2.23 bits per heavy atom. The SMILES string of the molecule is O=CCc1c(Cl)cccc1C1CC1. The highest BCUT2D eigenvalue weighted by molar-refractivity contribution is 6.31. The molecule has 1 aromatic rings. The van der Waals surface area contributed by atoms with Crippen molar-refractivity contribution >= 4 is 17.9 Å². The molecule has 2 rings (SSSR count). The van der Waals surface area contributed by atoms with Crippen LogP contribution in [0.4, 0.5) is 0 Å². The van der Waals surface area contributed by atoms with E-state index in [1.165, 1.54) is 18.4 Å². The molecule has 13 heavy (non-hydrogen) atoms. The normalized spacial score (nSPS) is 15.8. The lowest BCUT2D eigenvalue weighted by Gasteiger charge is -2.07. The van der Waals surface area contributed by atoms with Gasteiger partial charge in [-0.1, -0.05) is 23.7 Å². The molecular formula is C11H11ClO. The average molecular weight is 195 g/mol. The van der Waals surface area contributed by atoms with Gasteiger partial charge in [-0.3, -0.25) is 0 Å². The summed E-state index contributed by atoms with van der Waals surface area (Å²) in [5.41, 5.74) is 2.31. The number of halogens is 1.